The van der Waals surface area contributed by atoms with Gasteiger partial charge in [0.05, 0.1) is 23.3 Å². The molecule has 1 aromatic rings. The molecular formula is C16H20NO4S2. The van der Waals surface area contributed by atoms with Crippen molar-refractivity contribution in [2.24, 2.45) is 0 Å². The van der Waals surface area contributed by atoms with Crippen molar-refractivity contribution < 1.29 is 17.4 Å². The highest BCUT2D eigenvalue weighted by molar-refractivity contribution is 7.90. The van der Waals surface area contributed by atoms with E-state index in [1.54, 1.807) is 31.4 Å². The highest BCUT2D eigenvalue weighted by atomic mass is 32.2. The van der Waals surface area contributed by atoms with E-state index in [9.17, 15) is 12.6 Å². The minimum Gasteiger partial charge on any atom is -0.497 e. The van der Waals surface area contributed by atoms with Crippen LogP contribution in [0.3, 0.4) is 0 Å². The number of hydrogen-bond donors (Lipinski definition) is 1. The number of benzene rings is 1. The van der Waals surface area contributed by atoms with E-state index in [0.717, 1.165) is 0 Å². The van der Waals surface area contributed by atoms with Crippen LogP contribution in [0.25, 0.3) is 0 Å². The minimum absolute atomic E-state index is 0.118. The summed E-state index contributed by atoms with van der Waals surface area (Å²) in [6.07, 6.45) is 4.97. The number of ether oxygens (including phenoxy) is 1. The van der Waals surface area contributed by atoms with E-state index in [-0.39, 0.29) is 4.90 Å². The first kappa shape index (κ1) is 18.4. The van der Waals surface area contributed by atoms with Gasteiger partial charge in [-0.1, -0.05) is 0 Å². The Morgan fingerprint density at radius 3 is 2.22 bits per heavy atom. The van der Waals surface area contributed by atoms with Gasteiger partial charge in [0, 0.05) is 15.5 Å². The van der Waals surface area contributed by atoms with Crippen LogP contribution in [0.1, 0.15) is 20.8 Å². The van der Waals surface area contributed by atoms with Gasteiger partial charge in [-0.3, -0.25) is 4.21 Å². The third kappa shape index (κ3) is 4.33. The van der Waals surface area contributed by atoms with Crippen LogP contribution in [-0.2, 0) is 20.8 Å². The summed E-state index contributed by atoms with van der Waals surface area (Å²) < 4.78 is 44.5. The molecule has 5 radical (unpaired) electrons. The van der Waals surface area contributed by atoms with Crippen LogP contribution >= 0.6 is 0 Å². The average Bonchev–Trinajstić information content (AvgIpc) is 2.92. The van der Waals surface area contributed by atoms with Gasteiger partial charge < -0.3 is 4.74 Å². The van der Waals surface area contributed by atoms with Gasteiger partial charge in [-0.15, -0.1) is 0 Å². The molecule has 1 aliphatic rings. The first-order valence-corrected chi connectivity index (χ1v) is 9.63. The topological polar surface area (TPSA) is 72.5 Å². The maximum absolute atomic E-state index is 12.5. The van der Waals surface area contributed by atoms with Crippen molar-refractivity contribution in [3.8, 4) is 5.75 Å². The van der Waals surface area contributed by atoms with E-state index in [0.29, 0.717) is 17.0 Å². The van der Waals surface area contributed by atoms with Gasteiger partial charge in [-0.2, -0.15) is 0 Å². The van der Waals surface area contributed by atoms with Crippen LogP contribution in [0.15, 0.2) is 29.2 Å². The normalized spacial score (nSPS) is 19.0. The summed E-state index contributed by atoms with van der Waals surface area (Å²) in [6.45, 7) is 5.54. The van der Waals surface area contributed by atoms with Gasteiger partial charge in [-0.05, 0) is 64.3 Å². The summed E-state index contributed by atoms with van der Waals surface area (Å²) in [7, 11) is -3.56. The van der Waals surface area contributed by atoms with Gasteiger partial charge in [0.1, 0.15) is 5.75 Å². The molecule has 1 atom stereocenters. The summed E-state index contributed by atoms with van der Waals surface area (Å²) >= 11 is 0. The van der Waals surface area contributed by atoms with E-state index >= 15 is 0 Å². The molecule has 2 rings (SSSR count). The van der Waals surface area contributed by atoms with Gasteiger partial charge in [0.2, 0.25) is 10.0 Å². The molecule has 1 aromatic carbocycles. The summed E-state index contributed by atoms with van der Waals surface area (Å²) in [4.78, 5) is 0.118. The van der Waals surface area contributed by atoms with Crippen LogP contribution in [0.4, 0.5) is 0 Å². The van der Waals surface area contributed by atoms with Crippen LogP contribution < -0.4 is 9.46 Å². The van der Waals surface area contributed by atoms with Crippen molar-refractivity contribution in [2.75, 3.05) is 7.11 Å². The van der Waals surface area contributed by atoms with Gasteiger partial charge in [0.25, 0.3) is 0 Å². The van der Waals surface area contributed by atoms with Gasteiger partial charge in [0.15, 0.2) is 0 Å². The standard InChI is InChI=1S/C16H20NO4S2/c1-16(2,3)22(18)15-7-5-6-14(15)17-23(19,20)13-10-8-12(21-4)9-11-13/h5-11,17H,1-4H3/t22-/m0/s1. The molecule has 0 amide bonds. The molecule has 0 heterocycles. The lowest BCUT2D eigenvalue weighted by atomic mass is 10.2. The molecule has 0 saturated heterocycles. The van der Waals surface area contributed by atoms with Crippen LogP contribution in [0, 0.1) is 30.6 Å². The maximum Gasteiger partial charge on any atom is 0.241 e. The smallest absolute Gasteiger partial charge is 0.241 e. The largest absolute Gasteiger partial charge is 0.497 e. The molecule has 23 heavy (non-hydrogen) atoms. The summed E-state index contributed by atoms with van der Waals surface area (Å²) in [5.41, 5.74) is 0. The molecule has 125 valence electrons. The highest BCUT2D eigenvalue weighted by Gasteiger charge is 2.41. The molecule has 7 heteroatoms. The fourth-order valence-corrected chi connectivity index (χ4v) is 4.26. The number of sulfonamides is 1. The second kappa shape index (κ2) is 6.91. The molecule has 0 aliphatic heterocycles. The second-order valence-electron chi connectivity index (χ2n) is 5.97. The predicted octanol–water partition coefficient (Wildman–Crippen LogP) is 2.21. The number of methoxy groups -OCH3 is 1. The lowest BCUT2D eigenvalue weighted by Crippen LogP contribution is -2.36. The Hall–Kier alpha value is -0.920. The molecule has 5 nitrogen and oxygen atoms in total. The van der Waals surface area contributed by atoms with E-state index in [1.807, 2.05) is 20.8 Å². The van der Waals surface area contributed by atoms with Crippen molar-refractivity contribution in [3.05, 3.63) is 54.8 Å². The Kier molecular flexibility index (Phi) is 5.53. The number of rotatable bonds is 5. The van der Waals surface area contributed by atoms with Crippen molar-refractivity contribution in [2.45, 2.75) is 30.4 Å². The van der Waals surface area contributed by atoms with E-state index in [2.05, 4.69) is 4.72 Å². The third-order valence-corrected chi connectivity index (χ3v) is 6.40. The molecular weight excluding hydrogens is 334 g/mol. The second-order valence-corrected chi connectivity index (χ2v) is 9.85. The number of hydrogen-bond acceptors (Lipinski definition) is 4. The first-order chi connectivity index (χ1) is 10.6. The van der Waals surface area contributed by atoms with E-state index in [4.69, 9.17) is 4.74 Å². The van der Waals surface area contributed by atoms with Gasteiger partial charge in [-0.25, -0.2) is 13.1 Å². The Balaban J connectivity index is 2.17. The molecule has 0 unspecified atom stereocenters. The number of nitrogens with one attached hydrogen (secondary N) is 1. The fourth-order valence-electron chi connectivity index (χ4n) is 1.94. The zero-order chi connectivity index (χ0) is 17.3. The molecule has 0 spiro atoms. The Morgan fingerprint density at radius 1 is 1.09 bits per heavy atom. The van der Waals surface area contributed by atoms with Crippen LogP contribution in [0.5, 0.6) is 5.75 Å². The zero-order valence-corrected chi connectivity index (χ0v) is 15.1. The summed E-state index contributed by atoms with van der Waals surface area (Å²) in [5.74, 6) is 0.576. The lowest BCUT2D eigenvalue weighted by molar-refractivity contribution is 0.414. The summed E-state index contributed by atoms with van der Waals surface area (Å²) in [6, 6.07) is 6.42. The monoisotopic (exact) mass is 354 g/mol. The maximum atomic E-state index is 12.5. The van der Waals surface area contributed by atoms with Crippen molar-refractivity contribution in [1.29, 1.82) is 0 Å². The molecule has 1 aliphatic carbocycles. The van der Waals surface area contributed by atoms with E-state index < -0.39 is 25.6 Å². The fraction of sp³-hybridized carbons (Fsp3) is 0.312. The quantitative estimate of drug-likeness (QED) is 0.880. The molecule has 1 fully saturated rings. The molecule has 1 N–H and O–H groups in total. The van der Waals surface area contributed by atoms with Gasteiger partial charge >= 0.3 is 0 Å². The zero-order valence-electron chi connectivity index (χ0n) is 13.5. The summed E-state index contributed by atoms with van der Waals surface area (Å²) in [5, 5.41) is 0.481. The van der Waals surface area contributed by atoms with E-state index in [1.165, 1.54) is 19.2 Å². The Bertz CT molecular complexity index is 662. The first-order valence-electron chi connectivity index (χ1n) is 6.99. The lowest BCUT2D eigenvalue weighted by Gasteiger charge is -2.26. The Morgan fingerprint density at radius 2 is 1.70 bits per heavy atom. The minimum atomic E-state index is -3.75. The highest BCUT2D eigenvalue weighted by Crippen LogP contribution is 2.38. The molecule has 1 saturated carbocycles. The van der Waals surface area contributed by atoms with Crippen molar-refractivity contribution >= 4 is 20.8 Å². The predicted molar refractivity (Wildman–Crippen MR) is 90.6 cm³/mol. The Labute approximate surface area is 141 Å². The van der Waals surface area contributed by atoms with Crippen LogP contribution in [0.2, 0.25) is 0 Å². The molecule has 0 aromatic heterocycles. The third-order valence-electron chi connectivity index (χ3n) is 3.15. The SMILES string of the molecule is COc1ccc(S(=O)(=O)N[C]2[CH][CH][CH][C]2[S@](=O)C(C)(C)C)cc1. The van der Waals surface area contributed by atoms with Crippen LogP contribution in [-0.4, -0.2) is 24.5 Å². The van der Waals surface area contributed by atoms with Crippen molar-refractivity contribution in [3.63, 3.8) is 0 Å². The average molecular weight is 354 g/mol. The van der Waals surface area contributed by atoms with Crippen molar-refractivity contribution in [1.82, 2.24) is 4.72 Å². The molecule has 0 bridgehead atoms.